The minimum atomic E-state index is -0.143. The molecule has 1 aliphatic rings. The fraction of sp³-hybridized carbons (Fsp3) is 0.500. The van der Waals surface area contributed by atoms with Gasteiger partial charge >= 0.3 is 0 Å². The standard InChI is InChI=1S/C12H14N6O2S2/c1-8-7-21-11(20)10(13-8)22-12-14-15-16-18(12)6-9(19)17-4-2-3-5-17/h7H,2-6H2,1H3. The maximum Gasteiger partial charge on any atom is 0.265 e. The van der Waals surface area contributed by atoms with Crippen LogP contribution in [0.2, 0.25) is 0 Å². The highest BCUT2D eigenvalue weighted by Crippen LogP contribution is 2.21. The SMILES string of the molecule is Cc1csc(=O)c(Sc2nnnn2CC(=O)N2CCCC2)n1. The first kappa shape index (κ1) is 15.1. The number of rotatable bonds is 4. The Bertz CT molecular complexity index is 737. The summed E-state index contributed by atoms with van der Waals surface area (Å²) in [5.41, 5.74) is 0.763. The Morgan fingerprint density at radius 1 is 1.41 bits per heavy atom. The maximum absolute atomic E-state index is 12.2. The lowest BCUT2D eigenvalue weighted by atomic mass is 10.4. The summed E-state index contributed by atoms with van der Waals surface area (Å²) in [6, 6.07) is 0. The van der Waals surface area contributed by atoms with Gasteiger partial charge in [-0.25, -0.2) is 9.67 Å². The van der Waals surface area contributed by atoms with E-state index in [1.165, 1.54) is 4.68 Å². The van der Waals surface area contributed by atoms with Gasteiger partial charge in [0.25, 0.3) is 4.74 Å². The number of carbonyl (C=O) groups excluding carboxylic acids is 1. The van der Waals surface area contributed by atoms with E-state index < -0.39 is 0 Å². The van der Waals surface area contributed by atoms with Gasteiger partial charge in [0.05, 0.1) is 0 Å². The molecular weight excluding hydrogens is 324 g/mol. The highest BCUT2D eigenvalue weighted by molar-refractivity contribution is 7.99. The first-order chi connectivity index (χ1) is 10.6. The van der Waals surface area contributed by atoms with Gasteiger partial charge in [0.15, 0.2) is 5.03 Å². The van der Waals surface area contributed by atoms with E-state index in [1.54, 1.807) is 5.38 Å². The van der Waals surface area contributed by atoms with Gasteiger partial charge in [-0.15, -0.1) is 5.10 Å². The van der Waals surface area contributed by atoms with Crippen molar-refractivity contribution in [2.24, 2.45) is 0 Å². The fourth-order valence-corrected chi connectivity index (χ4v) is 3.61. The largest absolute Gasteiger partial charge is 0.341 e. The summed E-state index contributed by atoms with van der Waals surface area (Å²) in [5.74, 6) is -0.00555. The van der Waals surface area contributed by atoms with Gasteiger partial charge in [0.2, 0.25) is 11.1 Å². The van der Waals surface area contributed by atoms with E-state index in [1.807, 2.05) is 11.8 Å². The molecule has 2 aromatic heterocycles. The molecule has 22 heavy (non-hydrogen) atoms. The molecule has 0 radical (unpaired) electrons. The Morgan fingerprint density at radius 2 is 2.18 bits per heavy atom. The zero-order chi connectivity index (χ0) is 15.5. The smallest absolute Gasteiger partial charge is 0.265 e. The third kappa shape index (κ3) is 3.33. The molecule has 0 aromatic carbocycles. The summed E-state index contributed by atoms with van der Waals surface area (Å²) in [5, 5.41) is 13.7. The highest BCUT2D eigenvalue weighted by Gasteiger charge is 2.21. The first-order valence-electron chi connectivity index (χ1n) is 6.82. The van der Waals surface area contributed by atoms with Gasteiger partial charge in [-0.2, -0.15) is 0 Å². The van der Waals surface area contributed by atoms with E-state index in [0.29, 0.717) is 10.2 Å². The molecule has 0 aliphatic carbocycles. The monoisotopic (exact) mass is 338 g/mol. The minimum absolute atomic E-state index is 0.00555. The average molecular weight is 338 g/mol. The zero-order valence-electron chi connectivity index (χ0n) is 11.9. The lowest BCUT2D eigenvalue weighted by Gasteiger charge is -2.14. The second kappa shape index (κ2) is 6.53. The van der Waals surface area contributed by atoms with Crippen LogP contribution in [0.25, 0.3) is 0 Å². The van der Waals surface area contributed by atoms with Crippen LogP contribution in [0.1, 0.15) is 18.5 Å². The number of tetrazole rings is 1. The predicted molar refractivity (Wildman–Crippen MR) is 80.9 cm³/mol. The second-order valence-electron chi connectivity index (χ2n) is 4.89. The normalized spacial score (nSPS) is 14.5. The molecule has 10 heteroatoms. The van der Waals surface area contributed by atoms with Crippen LogP contribution in [0.4, 0.5) is 0 Å². The van der Waals surface area contributed by atoms with Gasteiger partial charge in [-0.3, -0.25) is 9.59 Å². The Kier molecular flexibility index (Phi) is 4.48. The van der Waals surface area contributed by atoms with Crippen molar-refractivity contribution in [3.63, 3.8) is 0 Å². The summed E-state index contributed by atoms with van der Waals surface area (Å²) in [7, 11) is 0. The Hall–Kier alpha value is -1.81. The van der Waals surface area contributed by atoms with Crippen molar-refractivity contribution in [3.05, 3.63) is 20.6 Å². The van der Waals surface area contributed by atoms with Crippen molar-refractivity contribution < 1.29 is 4.79 Å². The molecule has 3 rings (SSSR count). The highest BCUT2D eigenvalue weighted by atomic mass is 32.2. The molecule has 1 aliphatic heterocycles. The van der Waals surface area contributed by atoms with Crippen LogP contribution in [0.5, 0.6) is 0 Å². The van der Waals surface area contributed by atoms with Crippen LogP contribution in [-0.4, -0.2) is 49.1 Å². The summed E-state index contributed by atoms with van der Waals surface area (Å²) in [6.07, 6.45) is 2.08. The number of hydrogen-bond acceptors (Lipinski definition) is 8. The molecule has 0 saturated carbocycles. The fourth-order valence-electron chi connectivity index (χ4n) is 2.14. The second-order valence-corrected chi connectivity index (χ2v) is 6.69. The maximum atomic E-state index is 12.2. The van der Waals surface area contributed by atoms with Crippen LogP contribution >= 0.6 is 23.1 Å². The third-order valence-corrected chi connectivity index (χ3v) is 5.16. The van der Waals surface area contributed by atoms with Crippen molar-refractivity contribution in [2.75, 3.05) is 13.1 Å². The van der Waals surface area contributed by atoms with Crippen LogP contribution in [0, 0.1) is 6.92 Å². The van der Waals surface area contributed by atoms with E-state index >= 15 is 0 Å². The van der Waals surface area contributed by atoms with E-state index in [4.69, 9.17) is 0 Å². The van der Waals surface area contributed by atoms with Gasteiger partial charge in [0, 0.05) is 24.2 Å². The van der Waals surface area contributed by atoms with Crippen molar-refractivity contribution >= 4 is 29.0 Å². The van der Waals surface area contributed by atoms with Gasteiger partial charge < -0.3 is 4.90 Å². The van der Waals surface area contributed by atoms with Crippen LogP contribution in [0.15, 0.2) is 20.4 Å². The Morgan fingerprint density at radius 3 is 2.95 bits per heavy atom. The average Bonchev–Trinajstić information content (AvgIpc) is 3.15. The van der Waals surface area contributed by atoms with E-state index in [0.717, 1.165) is 54.7 Å². The van der Waals surface area contributed by atoms with Crippen molar-refractivity contribution in [1.29, 1.82) is 0 Å². The predicted octanol–water partition coefficient (Wildman–Crippen LogP) is 0.572. The number of nitrogens with zero attached hydrogens (tertiary/aromatic N) is 6. The first-order valence-corrected chi connectivity index (χ1v) is 8.51. The lowest BCUT2D eigenvalue weighted by Crippen LogP contribution is -2.31. The van der Waals surface area contributed by atoms with E-state index in [2.05, 4.69) is 20.5 Å². The molecule has 1 fully saturated rings. The topological polar surface area (TPSA) is 93.9 Å². The van der Waals surface area contributed by atoms with Gasteiger partial charge in [0.1, 0.15) is 6.54 Å². The van der Waals surface area contributed by atoms with Crippen molar-refractivity contribution in [2.45, 2.75) is 36.5 Å². The number of amides is 1. The van der Waals surface area contributed by atoms with E-state index in [9.17, 15) is 9.59 Å². The van der Waals surface area contributed by atoms with Crippen LogP contribution in [0.3, 0.4) is 0 Å². The van der Waals surface area contributed by atoms with Crippen LogP contribution in [-0.2, 0) is 11.3 Å². The number of aryl methyl sites for hydroxylation is 1. The molecule has 0 atom stereocenters. The molecule has 3 heterocycles. The van der Waals surface area contributed by atoms with Gasteiger partial charge in [-0.1, -0.05) is 11.3 Å². The molecule has 1 amide bonds. The quantitative estimate of drug-likeness (QED) is 0.804. The number of likely N-dealkylation sites (tertiary alicyclic amines) is 1. The molecule has 0 N–H and O–H groups in total. The summed E-state index contributed by atoms with van der Waals surface area (Å²) in [6.45, 7) is 3.48. The summed E-state index contributed by atoms with van der Waals surface area (Å²) < 4.78 is 1.27. The Balaban J connectivity index is 1.75. The number of aromatic nitrogens is 5. The number of hydrogen-bond donors (Lipinski definition) is 0. The molecule has 116 valence electrons. The molecule has 0 unspecified atom stereocenters. The van der Waals surface area contributed by atoms with E-state index in [-0.39, 0.29) is 17.2 Å². The van der Waals surface area contributed by atoms with Crippen molar-refractivity contribution in [3.8, 4) is 0 Å². The molecule has 8 nitrogen and oxygen atoms in total. The van der Waals surface area contributed by atoms with Crippen LogP contribution < -0.4 is 4.74 Å². The summed E-state index contributed by atoms with van der Waals surface area (Å²) in [4.78, 5) is 30.0. The molecule has 1 saturated heterocycles. The minimum Gasteiger partial charge on any atom is -0.341 e. The molecular formula is C12H14N6O2S2. The van der Waals surface area contributed by atoms with Crippen molar-refractivity contribution in [1.82, 2.24) is 30.1 Å². The van der Waals surface area contributed by atoms with Gasteiger partial charge in [-0.05, 0) is 42.0 Å². The summed E-state index contributed by atoms with van der Waals surface area (Å²) >= 11 is 2.18. The molecule has 2 aromatic rings. The number of carbonyl (C=O) groups is 1. The Labute approximate surface area is 134 Å². The lowest BCUT2D eigenvalue weighted by molar-refractivity contribution is -0.131. The zero-order valence-corrected chi connectivity index (χ0v) is 13.6. The molecule has 0 spiro atoms. The third-order valence-electron chi connectivity index (χ3n) is 3.22. The molecule has 0 bridgehead atoms.